The molecule has 9 heterocycles. The third-order valence-corrected chi connectivity index (χ3v) is 47.3. The van der Waals surface area contributed by atoms with Gasteiger partial charge in [-0.2, -0.15) is 0 Å². The largest absolute Gasteiger partial charge is 0.457 e. The number of para-hydroxylation sites is 8. The van der Waals surface area contributed by atoms with Gasteiger partial charge in [-0.25, -0.2) is 15.0 Å². The number of guanidine groups is 3. The quantitative estimate of drug-likeness (QED) is 0.132. The van der Waals surface area contributed by atoms with Gasteiger partial charge >= 0.3 is 0 Å². The van der Waals surface area contributed by atoms with Gasteiger partial charge in [-0.05, 0) is 317 Å². The first-order valence-electron chi connectivity index (χ1n) is 64.7. The zero-order chi connectivity index (χ0) is 126. The smallest absolute Gasteiger partial charge is 0.211 e. The Labute approximate surface area is 934 Å². The molecule has 0 radical (unpaired) electrons. The van der Waals surface area contributed by atoms with Crippen molar-refractivity contribution in [3.8, 4) is 78.3 Å². The Hall–Kier alpha value is -14.5. The molecule has 3 aliphatic carbocycles. The van der Waals surface area contributed by atoms with E-state index < -0.39 is 83.2 Å². The SMILES string of the molecule is [2H]C([2H])([2H])c1cc(N2C3=NC4C=CC=CC4N3c3ccccc32)ccc1-c1cc(C([2H])([2H])[2H])c(-c2cccc3c2Oc2ccccc2[Si](C)(C)C3(C)C)cc1C([2H])([2H])[2H].[2H]C([2H])([2H])c1cc(N2C3=NC4C=CC=CC4N3c3ccccc32)ccc1-c1cc(C([2H])([2H])[2H])c(-c2cccc3c2Sc2ccccc2C(C)(C)C3(C)C)cc1C([2H])([2H])[2H].[2H]C([2H])([2H])c1cc(N2C3=NC4C=CC=CC4N3c3ccccc32)ccc1-c1cc(C([2H])([2H])[2H])c(-c2cccc3c2Sc2ccccc2[Si](C)(C)C3(C)C)cc1C([2H])([2H])[2H]. The maximum atomic E-state index is 8.87. The van der Waals surface area contributed by atoms with Gasteiger partial charge in [-0.1, -0.05) is 378 Å². The summed E-state index contributed by atoms with van der Waals surface area (Å²) in [6.07, 6.45) is 24.4. The lowest BCUT2D eigenvalue weighted by molar-refractivity contribution is 0.296. The fourth-order valence-electron chi connectivity index (χ4n) is 24.2. The molecule has 0 saturated heterocycles. The van der Waals surface area contributed by atoms with Gasteiger partial charge in [-0.15, -0.1) is 0 Å². The number of nitrogens with zero attached hydrogens (tertiary/aromatic N) is 9. The van der Waals surface area contributed by atoms with Crippen LogP contribution in [0.2, 0.25) is 26.2 Å². The van der Waals surface area contributed by atoms with Crippen LogP contribution in [-0.2, 0) is 20.9 Å². The summed E-state index contributed by atoms with van der Waals surface area (Å²) in [6, 6.07) is 88.5. The minimum absolute atomic E-state index is 0.0163. The van der Waals surface area contributed by atoms with Gasteiger partial charge in [0.25, 0.3) is 0 Å². The van der Waals surface area contributed by atoms with Crippen LogP contribution in [0.4, 0.5) is 51.2 Å². The van der Waals surface area contributed by atoms with Crippen LogP contribution in [0.3, 0.4) is 0 Å². The van der Waals surface area contributed by atoms with Gasteiger partial charge in [0.2, 0.25) is 17.9 Å². The van der Waals surface area contributed by atoms with Crippen LogP contribution in [0, 0.1) is 61.7 Å². The lowest BCUT2D eigenvalue weighted by Crippen LogP contribution is -2.57. The fraction of sp³-hybridized carbons (Fsp3) is 0.228. The third-order valence-electron chi connectivity index (χ3n) is 34.4. The molecule has 9 aliphatic heterocycles. The summed E-state index contributed by atoms with van der Waals surface area (Å²) in [5.74, 6) is 3.14. The van der Waals surface area contributed by atoms with E-state index >= 15 is 0 Å². The lowest BCUT2D eigenvalue weighted by Gasteiger charge is -2.42. The highest BCUT2D eigenvalue weighted by Crippen LogP contribution is 2.60. The maximum absolute atomic E-state index is 8.87. The monoisotopic (exact) mass is 2050 g/mol. The van der Waals surface area contributed by atoms with Crippen molar-refractivity contribution >= 4 is 119 Å². The molecule has 0 aromatic heterocycles. The molecule has 15 aromatic rings. The number of hydrogen-bond acceptors (Lipinski definition) is 12. The highest BCUT2D eigenvalue weighted by molar-refractivity contribution is 8.00. The first kappa shape index (κ1) is 70.5. The highest BCUT2D eigenvalue weighted by Gasteiger charge is 2.53. The van der Waals surface area contributed by atoms with Crippen molar-refractivity contribution in [1.82, 2.24) is 0 Å². The summed E-state index contributed by atoms with van der Waals surface area (Å²) in [4.78, 5) is 31.3. The van der Waals surface area contributed by atoms with Gasteiger partial charge in [0.05, 0.1) is 86.5 Å². The molecular weight excluding hydrogens is 1900 g/mol. The Morgan fingerprint density at radius 1 is 0.273 bits per heavy atom. The van der Waals surface area contributed by atoms with E-state index in [4.69, 9.17) is 56.7 Å². The predicted molar refractivity (Wildman–Crippen MR) is 642 cm³/mol. The Kier molecular flexibility index (Phi) is 16.8. The van der Waals surface area contributed by atoms with Crippen LogP contribution >= 0.6 is 23.5 Å². The molecule has 15 aromatic carbocycles. The molecule has 27 rings (SSSR count). The fourth-order valence-corrected chi connectivity index (χ4v) is 33.6. The Morgan fingerprint density at radius 2 is 0.580 bits per heavy atom. The van der Waals surface area contributed by atoms with Crippen molar-refractivity contribution < 1.29 is 41.7 Å². The number of hydrogen-bond donors (Lipinski definition) is 0. The van der Waals surface area contributed by atoms with E-state index in [1.54, 1.807) is 84.2 Å². The molecule has 0 bridgehead atoms. The number of aliphatic imine (C=N–C) groups is 3. The molecule has 6 atom stereocenters. The summed E-state index contributed by atoms with van der Waals surface area (Å²) in [6.45, 7) is 2.57. The zero-order valence-corrected chi connectivity index (χ0v) is 89.0. The molecule has 10 nitrogen and oxygen atoms in total. The first-order valence-corrected chi connectivity index (χ1v) is 58.8. The lowest BCUT2D eigenvalue weighted by atomic mass is 9.61. The van der Waals surface area contributed by atoms with E-state index in [1.165, 1.54) is 47.1 Å². The molecule has 0 saturated carbocycles. The summed E-state index contributed by atoms with van der Waals surface area (Å²) in [5, 5.41) is 1.78. The molecule has 0 N–H and O–H groups in total. The Balaban J connectivity index is 0.000000132. The molecule has 150 heavy (non-hydrogen) atoms. The van der Waals surface area contributed by atoms with E-state index in [2.05, 4.69) is 163 Å². The second-order valence-electron chi connectivity index (χ2n) is 43.7. The second kappa shape index (κ2) is 35.9. The predicted octanol–water partition coefficient (Wildman–Crippen LogP) is 33.6. The average Bonchev–Trinajstić information content (AvgIpc) is 1.55. The minimum atomic E-state index is -2.76. The average molecular weight is 2050 g/mol. The van der Waals surface area contributed by atoms with Crippen molar-refractivity contribution in [3.63, 3.8) is 0 Å². The number of allylic oxidation sites excluding steroid dienone is 6. The molecular formula is C136H129N9OS2Si2. The van der Waals surface area contributed by atoms with Crippen LogP contribution < -0.4 is 44.5 Å². The molecule has 12 aliphatic rings. The van der Waals surface area contributed by atoms with Crippen LogP contribution in [0.25, 0.3) is 66.8 Å². The van der Waals surface area contributed by atoms with E-state index in [0.29, 0.717) is 68.7 Å². The number of anilines is 9. The van der Waals surface area contributed by atoms with Crippen LogP contribution in [-0.4, -0.2) is 70.3 Å². The number of aryl methyl sites for hydroxylation is 9. The van der Waals surface area contributed by atoms with Crippen molar-refractivity contribution in [1.29, 1.82) is 0 Å². The minimum Gasteiger partial charge on any atom is -0.457 e. The van der Waals surface area contributed by atoms with Crippen LogP contribution in [0.15, 0.2) is 399 Å². The molecule has 744 valence electrons. The van der Waals surface area contributed by atoms with Gasteiger partial charge in [-0.3, -0.25) is 14.7 Å². The maximum Gasteiger partial charge on any atom is 0.211 e. The number of rotatable bonds is 9. The molecule has 6 unspecified atom stereocenters. The highest BCUT2D eigenvalue weighted by atomic mass is 32.2. The van der Waals surface area contributed by atoms with Crippen LogP contribution in [0.1, 0.15) is 165 Å². The zero-order valence-electron chi connectivity index (χ0n) is 112. The van der Waals surface area contributed by atoms with Gasteiger partial charge in [0.1, 0.15) is 11.5 Å². The van der Waals surface area contributed by atoms with Gasteiger partial charge in [0.15, 0.2) is 0 Å². The summed E-state index contributed by atoms with van der Waals surface area (Å²) < 4.78 is 245. The van der Waals surface area contributed by atoms with Crippen molar-refractivity contribution in [2.75, 3.05) is 29.4 Å². The molecule has 14 heteroatoms. The topological polar surface area (TPSA) is 65.8 Å². The molecule has 0 amide bonds. The normalized spacial score (nSPS) is 23.8. The summed E-state index contributed by atoms with van der Waals surface area (Å²) in [5.41, 5.74) is 12.4. The summed E-state index contributed by atoms with van der Waals surface area (Å²) in [7, 11) is -4.46. The van der Waals surface area contributed by atoms with Crippen LogP contribution in [0.5, 0.6) is 11.5 Å². The van der Waals surface area contributed by atoms with Gasteiger partial charge < -0.3 is 19.4 Å². The van der Waals surface area contributed by atoms with E-state index in [1.807, 2.05) is 215 Å². The van der Waals surface area contributed by atoms with Crippen molar-refractivity contribution in [2.24, 2.45) is 15.0 Å². The van der Waals surface area contributed by atoms with Crippen molar-refractivity contribution in [2.45, 2.75) is 220 Å². The number of benzene rings is 15. The molecule has 0 fully saturated rings. The molecule has 0 spiro atoms. The Morgan fingerprint density at radius 3 is 1.01 bits per heavy atom. The van der Waals surface area contributed by atoms with E-state index in [0.717, 1.165) is 75.6 Å². The standard InChI is InChI=1S/C46H43N3S.C45H43N3OSi.C45H43N3SSi/c1-28-25-31(48-40-20-11-12-21-41(40)49-39-19-10-9-18-38(39)47-44(48)49)23-24-32(28)34-26-30(3)35(27-29(34)2)33-15-14-17-37-43(33)50-42-22-13-8-16-36(42)45(4,5)46(37,6)7;2*1-28-25-31(47-39-19-10-11-20-40(39)48-38-18-9-8-17-37(38)46-44(47)48)23-24-32(28)34-26-30(3)35(27-29(34)2)33-15-14-16-36-43(33)49-41-21-12-13-22-42(41)50(6,7)45(36,4)5/h8-27,38-39H,1-7H3;2*8-27,37-38H,1-7H3/i3*1D3,2D3,3D3. The third kappa shape index (κ3) is 14.9. The first-order chi connectivity index (χ1) is 83.1. The second-order valence-corrected chi connectivity index (χ2v) is 55.9. The van der Waals surface area contributed by atoms with Gasteiger partial charge in [0, 0.05) is 79.2 Å². The summed E-state index contributed by atoms with van der Waals surface area (Å²) >= 11 is 3.17. The van der Waals surface area contributed by atoms with E-state index in [9.17, 15) is 0 Å². The number of ether oxygens (including phenoxy) is 1. The number of fused-ring (bicyclic) bond motifs is 21. The van der Waals surface area contributed by atoms with Crippen molar-refractivity contribution in [3.05, 3.63) is 436 Å². The Bertz CT molecular complexity index is 8830. The van der Waals surface area contributed by atoms with E-state index in [-0.39, 0.29) is 146 Å².